The lowest BCUT2D eigenvalue weighted by molar-refractivity contribution is -0.277. The zero-order chi connectivity index (χ0) is 31.8. The molecule has 1 aliphatic heterocycles. The Morgan fingerprint density at radius 1 is 0.667 bits per heavy atom. The average molecular weight is 615 g/mol. The number of rotatable bonds is 7. The van der Waals surface area contributed by atoms with Crippen LogP contribution in [0.4, 0.5) is 0 Å². The number of phenols is 4. The van der Waals surface area contributed by atoms with Crippen LogP contribution in [0.15, 0.2) is 83.3 Å². The summed E-state index contributed by atoms with van der Waals surface area (Å²) >= 11 is 0. The third-order valence-electron chi connectivity index (χ3n) is 7.56. The highest BCUT2D eigenvalue weighted by molar-refractivity contribution is 6.06. The standard InChI is InChI=1S/C34H30O11/c35-16-27-30(40)31(41)32(42)34(45-27)43-24-9-5-19(6-10-24)33-28(20-13-22(37)15-23(38)14-20)29-25(39)11-18(12-26(29)44-33)2-1-17-3-7-21(36)8-4-17/h1-15,27,30-32,34-42H,16H2. The van der Waals surface area contributed by atoms with Crippen molar-refractivity contribution in [3.05, 3.63) is 90.0 Å². The minimum absolute atomic E-state index is 0.103. The molecule has 1 saturated heterocycles. The van der Waals surface area contributed by atoms with Crippen LogP contribution in [-0.4, -0.2) is 78.2 Å². The van der Waals surface area contributed by atoms with Crippen molar-refractivity contribution in [2.45, 2.75) is 30.7 Å². The van der Waals surface area contributed by atoms with E-state index in [0.717, 1.165) is 5.56 Å². The summed E-state index contributed by atoms with van der Waals surface area (Å²) in [6, 6.07) is 20.4. The zero-order valence-corrected chi connectivity index (χ0v) is 23.6. The van der Waals surface area contributed by atoms with Gasteiger partial charge in [-0.2, -0.15) is 0 Å². The molecular formula is C34H30O11. The Hall–Kier alpha value is -5.04. The number of benzene rings is 4. The Morgan fingerprint density at radius 3 is 2.00 bits per heavy atom. The highest BCUT2D eigenvalue weighted by atomic mass is 16.7. The molecule has 1 aromatic heterocycles. The lowest BCUT2D eigenvalue weighted by Gasteiger charge is -2.39. The molecule has 11 heteroatoms. The molecule has 0 bridgehead atoms. The first-order valence-corrected chi connectivity index (χ1v) is 14.0. The van der Waals surface area contributed by atoms with Gasteiger partial charge in [0.25, 0.3) is 0 Å². The number of hydrogen-bond donors (Lipinski definition) is 8. The molecule has 8 N–H and O–H groups in total. The molecule has 5 aromatic rings. The van der Waals surface area contributed by atoms with Crippen LogP contribution in [0.25, 0.3) is 45.6 Å². The quantitative estimate of drug-likeness (QED) is 0.124. The Balaban J connectivity index is 1.38. The van der Waals surface area contributed by atoms with E-state index in [4.69, 9.17) is 13.9 Å². The minimum Gasteiger partial charge on any atom is -0.508 e. The maximum absolute atomic E-state index is 11.2. The van der Waals surface area contributed by atoms with Crippen LogP contribution >= 0.6 is 0 Å². The van der Waals surface area contributed by atoms with Crippen LogP contribution < -0.4 is 4.74 Å². The number of aromatic hydroxyl groups is 4. The molecule has 1 fully saturated rings. The third kappa shape index (κ3) is 6.03. The molecule has 45 heavy (non-hydrogen) atoms. The number of furan rings is 1. The summed E-state index contributed by atoms with van der Waals surface area (Å²) in [6.45, 7) is -0.593. The van der Waals surface area contributed by atoms with Crippen molar-refractivity contribution in [2.24, 2.45) is 0 Å². The van der Waals surface area contributed by atoms with Gasteiger partial charge < -0.3 is 54.7 Å². The van der Waals surface area contributed by atoms with Gasteiger partial charge in [-0.25, -0.2) is 0 Å². The molecule has 0 radical (unpaired) electrons. The van der Waals surface area contributed by atoms with E-state index in [9.17, 15) is 40.9 Å². The van der Waals surface area contributed by atoms with Crippen LogP contribution in [0.5, 0.6) is 28.7 Å². The van der Waals surface area contributed by atoms with Gasteiger partial charge in [-0.15, -0.1) is 0 Å². The van der Waals surface area contributed by atoms with E-state index in [0.29, 0.717) is 39.0 Å². The fourth-order valence-electron chi connectivity index (χ4n) is 5.30. The smallest absolute Gasteiger partial charge is 0.229 e. The van der Waals surface area contributed by atoms with E-state index in [1.807, 2.05) is 6.08 Å². The summed E-state index contributed by atoms with van der Waals surface area (Å²) in [5.41, 5.74) is 3.10. The van der Waals surface area contributed by atoms with Crippen molar-refractivity contribution in [1.29, 1.82) is 0 Å². The van der Waals surface area contributed by atoms with E-state index in [1.165, 1.54) is 18.2 Å². The molecule has 0 amide bonds. The first kappa shape index (κ1) is 30.0. The lowest BCUT2D eigenvalue weighted by atomic mass is 9.96. The molecule has 0 spiro atoms. The third-order valence-corrected chi connectivity index (χ3v) is 7.56. The van der Waals surface area contributed by atoms with Crippen molar-refractivity contribution in [2.75, 3.05) is 6.61 Å². The molecule has 4 aromatic carbocycles. The van der Waals surface area contributed by atoms with E-state index in [2.05, 4.69) is 0 Å². The topological polar surface area (TPSA) is 193 Å². The van der Waals surface area contributed by atoms with Crippen LogP contribution in [0.3, 0.4) is 0 Å². The number of fused-ring (bicyclic) bond motifs is 1. The SMILES string of the molecule is OCC1OC(Oc2ccc(-c3oc4cc(C=Cc5ccc(O)cc5)cc(O)c4c3-c3cc(O)cc(O)c3)cc2)C(O)C(O)C1O. The number of phenolic OH excluding ortho intramolecular Hbond substituents is 4. The van der Waals surface area contributed by atoms with Gasteiger partial charge in [0.05, 0.1) is 12.0 Å². The zero-order valence-electron chi connectivity index (χ0n) is 23.6. The van der Waals surface area contributed by atoms with Gasteiger partial charge in [0.2, 0.25) is 6.29 Å². The van der Waals surface area contributed by atoms with Crippen LogP contribution in [0, 0.1) is 0 Å². The molecule has 11 nitrogen and oxygen atoms in total. The van der Waals surface area contributed by atoms with Crippen LogP contribution in [0.2, 0.25) is 0 Å². The van der Waals surface area contributed by atoms with Crippen molar-refractivity contribution in [1.82, 2.24) is 0 Å². The minimum atomic E-state index is -1.59. The fourth-order valence-corrected chi connectivity index (χ4v) is 5.30. The first-order chi connectivity index (χ1) is 21.6. The summed E-state index contributed by atoms with van der Waals surface area (Å²) in [5, 5.41) is 81.4. The van der Waals surface area contributed by atoms with Crippen LogP contribution in [-0.2, 0) is 4.74 Å². The molecular weight excluding hydrogens is 584 g/mol. The number of hydrogen-bond acceptors (Lipinski definition) is 11. The van der Waals surface area contributed by atoms with E-state index in [-0.39, 0.29) is 28.7 Å². The van der Waals surface area contributed by atoms with E-state index < -0.39 is 37.3 Å². The fraction of sp³-hybridized carbons (Fsp3) is 0.176. The predicted octanol–water partition coefficient (Wildman–Crippen LogP) is 3.94. The number of ether oxygens (including phenoxy) is 2. The van der Waals surface area contributed by atoms with E-state index in [1.54, 1.807) is 66.7 Å². The van der Waals surface area contributed by atoms with Gasteiger partial charge in [0, 0.05) is 17.2 Å². The van der Waals surface area contributed by atoms with Gasteiger partial charge in [-0.3, -0.25) is 0 Å². The average Bonchev–Trinajstić information content (AvgIpc) is 3.41. The Bertz CT molecular complexity index is 1820. The highest BCUT2D eigenvalue weighted by Gasteiger charge is 2.44. The number of aliphatic hydroxyl groups is 4. The van der Waals surface area contributed by atoms with Crippen LogP contribution in [0.1, 0.15) is 11.1 Å². The van der Waals surface area contributed by atoms with Crippen molar-refractivity contribution in [3.63, 3.8) is 0 Å². The van der Waals surface area contributed by atoms with E-state index >= 15 is 0 Å². The summed E-state index contributed by atoms with van der Waals surface area (Å²) in [4.78, 5) is 0. The highest BCUT2D eigenvalue weighted by Crippen LogP contribution is 2.46. The summed E-state index contributed by atoms with van der Waals surface area (Å²) in [6.07, 6.45) is -3.60. The summed E-state index contributed by atoms with van der Waals surface area (Å²) in [5.74, 6) is 0.203. The molecule has 1 aliphatic rings. The molecule has 0 saturated carbocycles. The normalized spacial score (nSPS) is 21.8. The van der Waals surface area contributed by atoms with Gasteiger partial charge >= 0.3 is 0 Å². The molecule has 5 unspecified atom stereocenters. The largest absolute Gasteiger partial charge is 0.508 e. The Kier molecular flexibility index (Phi) is 8.11. The second-order valence-corrected chi connectivity index (χ2v) is 10.7. The second-order valence-electron chi connectivity index (χ2n) is 10.7. The first-order valence-electron chi connectivity index (χ1n) is 14.0. The second kappa shape index (κ2) is 12.2. The molecule has 5 atom stereocenters. The maximum Gasteiger partial charge on any atom is 0.229 e. The summed E-state index contributed by atoms with van der Waals surface area (Å²) < 4.78 is 17.4. The maximum atomic E-state index is 11.2. The molecule has 6 rings (SSSR count). The van der Waals surface area contributed by atoms with Gasteiger partial charge in [0.1, 0.15) is 64.5 Å². The van der Waals surface area contributed by atoms with Crippen molar-refractivity contribution in [3.8, 4) is 51.2 Å². The lowest BCUT2D eigenvalue weighted by Crippen LogP contribution is -2.60. The van der Waals surface area contributed by atoms with Gasteiger partial charge in [0.15, 0.2) is 0 Å². The monoisotopic (exact) mass is 614 g/mol. The van der Waals surface area contributed by atoms with Crippen molar-refractivity contribution >= 4 is 23.1 Å². The van der Waals surface area contributed by atoms with Gasteiger partial charge in [-0.1, -0.05) is 24.3 Å². The van der Waals surface area contributed by atoms with Gasteiger partial charge in [-0.05, 0) is 77.4 Å². The Labute approximate surface area is 256 Å². The molecule has 0 aliphatic carbocycles. The Morgan fingerprint density at radius 2 is 1.33 bits per heavy atom. The number of aliphatic hydroxyl groups excluding tert-OH is 4. The summed E-state index contributed by atoms with van der Waals surface area (Å²) in [7, 11) is 0. The molecule has 232 valence electrons. The van der Waals surface area contributed by atoms with Crippen molar-refractivity contribution < 1.29 is 54.7 Å². The predicted molar refractivity (Wildman–Crippen MR) is 164 cm³/mol. The molecule has 2 heterocycles.